The molecule has 3 rings (SSSR count). The number of nitrogens with one attached hydrogen (secondary N) is 1. The highest BCUT2D eigenvalue weighted by Gasteiger charge is 2.23. The minimum atomic E-state index is -3.92. The highest BCUT2D eigenvalue weighted by molar-refractivity contribution is 7.92. The van der Waals surface area contributed by atoms with Crippen LogP contribution in [-0.2, 0) is 17.1 Å². The van der Waals surface area contributed by atoms with Crippen molar-refractivity contribution >= 4 is 38.9 Å². The number of hydrogen-bond acceptors (Lipinski definition) is 4. The van der Waals surface area contributed by atoms with Crippen molar-refractivity contribution < 1.29 is 8.42 Å². The van der Waals surface area contributed by atoms with E-state index in [0.717, 1.165) is 0 Å². The van der Waals surface area contributed by atoms with E-state index in [0.29, 0.717) is 27.7 Å². The van der Waals surface area contributed by atoms with E-state index in [1.54, 1.807) is 44.6 Å². The molecule has 9 heteroatoms. The van der Waals surface area contributed by atoms with Gasteiger partial charge in [0, 0.05) is 24.5 Å². The third-order valence-corrected chi connectivity index (χ3v) is 5.72. The standard InChI is InChI=1S/C16H14Cl2N4O2S/c1-10-7-15(12(18)8-11(10)17)25(23,24)21-14-9-22(2)20-16(14)13-5-3-4-6-19-13/h3-9,21H,1-2H3. The number of nitrogens with zero attached hydrogens (tertiary/aromatic N) is 3. The van der Waals surface area contributed by atoms with Crippen LogP contribution in [0.2, 0.25) is 10.0 Å². The maximum Gasteiger partial charge on any atom is 0.263 e. The summed E-state index contributed by atoms with van der Waals surface area (Å²) in [7, 11) is -2.22. The summed E-state index contributed by atoms with van der Waals surface area (Å²) in [4.78, 5) is 4.17. The SMILES string of the molecule is Cc1cc(S(=O)(=O)Nc2cn(C)nc2-c2ccccn2)c(Cl)cc1Cl. The number of halogens is 2. The summed E-state index contributed by atoms with van der Waals surface area (Å²) < 4.78 is 29.6. The number of hydrogen-bond donors (Lipinski definition) is 1. The molecule has 130 valence electrons. The summed E-state index contributed by atoms with van der Waals surface area (Å²) in [5.41, 5.74) is 1.90. The number of aromatic nitrogens is 3. The Morgan fingerprint density at radius 2 is 1.92 bits per heavy atom. The van der Waals surface area contributed by atoms with Crippen LogP contribution in [0.4, 0.5) is 5.69 Å². The lowest BCUT2D eigenvalue weighted by Gasteiger charge is -2.11. The van der Waals surface area contributed by atoms with Crippen molar-refractivity contribution in [1.82, 2.24) is 14.8 Å². The molecule has 0 aliphatic rings. The number of sulfonamides is 1. The maximum absolute atomic E-state index is 12.8. The van der Waals surface area contributed by atoms with Crippen molar-refractivity contribution in [2.75, 3.05) is 4.72 Å². The van der Waals surface area contributed by atoms with Gasteiger partial charge >= 0.3 is 0 Å². The first-order valence-corrected chi connectivity index (χ1v) is 9.45. The molecule has 0 amide bonds. The number of aryl methyl sites for hydroxylation is 2. The molecule has 25 heavy (non-hydrogen) atoms. The molecule has 0 saturated carbocycles. The van der Waals surface area contributed by atoms with Crippen molar-refractivity contribution in [2.24, 2.45) is 7.05 Å². The molecule has 2 aromatic heterocycles. The van der Waals surface area contributed by atoms with Gasteiger partial charge in [-0.25, -0.2) is 8.42 Å². The molecule has 0 fully saturated rings. The molecule has 1 aromatic carbocycles. The molecule has 2 heterocycles. The second-order valence-electron chi connectivity index (χ2n) is 5.42. The van der Waals surface area contributed by atoms with Crippen LogP contribution in [0.5, 0.6) is 0 Å². The minimum Gasteiger partial charge on any atom is -0.276 e. The molecule has 0 unspecified atom stereocenters. The van der Waals surface area contributed by atoms with Gasteiger partial charge in [0.1, 0.15) is 10.6 Å². The van der Waals surface area contributed by atoms with E-state index in [9.17, 15) is 8.42 Å². The molecule has 0 aliphatic carbocycles. The predicted octanol–water partition coefficient (Wildman–Crippen LogP) is 3.90. The van der Waals surface area contributed by atoms with Crippen LogP contribution in [0.1, 0.15) is 5.56 Å². The Morgan fingerprint density at radius 1 is 1.16 bits per heavy atom. The average Bonchev–Trinajstić information content (AvgIpc) is 2.91. The summed E-state index contributed by atoms with van der Waals surface area (Å²) >= 11 is 12.1. The summed E-state index contributed by atoms with van der Waals surface area (Å²) in [6, 6.07) is 8.17. The van der Waals surface area contributed by atoms with Gasteiger partial charge in [-0.3, -0.25) is 14.4 Å². The van der Waals surface area contributed by atoms with Gasteiger partial charge in [-0.1, -0.05) is 29.3 Å². The zero-order chi connectivity index (χ0) is 18.2. The Bertz CT molecular complexity index is 1030. The first-order valence-electron chi connectivity index (χ1n) is 7.21. The fourth-order valence-corrected chi connectivity index (χ4v) is 4.18. The van der Waals surface area contributed by atoms with Crippen LogP contribution >= 0.6 is 23.2 Å². The lowest BCUT2D eigenvalue weighted by molar-refractivity contribution is 0.601. The van der Waals surface area contributed by atoms with Crippen LogP contribution in [0.3, 0.4) is 0 Å². The molecular formula is C16H14Cl2N4O2S. The molecule has 0 aliphatic heterocycles. The first-order chi connectivity index (χ1) is 11.8. The van der Waals surface area contributed by atoms with E-state index >= 15 is 0 Å². The van der Waals surface area contributed by atoms with Crippen molar-refractivity contribution in [3.05, 3.63) is 58.3 Å². The van der Waals surface area contributed by atoms with E-state index in [2.05, 4.69) is 14.8 Å². The second-order valence-corrected chi connectivity index (χ2v) is 7.88. The molecule has 0 radical (unpaired) electrons. The zero-order valence-corrected chi connectivity index (χ0v) is 15.7. The second kappa shape index (κ2) is 6.67. The van der Waals surface area contributed by atoms with Gasteiger partial charge in [0.05, 0.1) is 16.4 Å². The Kier molecular flexibility index (Phi) is 4.73. The van der Waals surface area contributed by atoms with Gasteiger partial charge in [-0.15, -0.1) is 0 Å². The zero-order valence-electron chi connectivity index (χ0n) is 13.4. The van der Waals surface area contributed by atoms with Crippen LogP contribution in [0.15, 0.2) is 47.6 Å². The number of anilines is 1. The molecule has 1 N–H and O–H groups in total. The van der Waals surface area contributed by atoms with Crippen LogP contribution < -0.4 is 4.72 Å². The predicted molar refractivity (Wildman–Crippen MR) is 98.4 cm³/mol. The summed E-state index contributed by atoms with van der Waals surface area (Å²) in [5, 5.41) is 4.74. The van der Waals surface area contributed by atoms with Gasteiger partial charge < -0.3 is 0 Å². The van der Waals surface area contributed by atoms with Gasteiger partial charge in [0.15, 0.2) is 0 Å². The van der Waals surface area contributed by atoms with Crippen molar-refractivity contribution in [2.45, 2.75) is 11.8 Å². The third kappa shape index (κ3) is 3.63. The van der Waals surface area contributed by atoms with Crippen molar-refractivity contribution in [1.29, 1.82) is 0 Å². The number of benzene rings is 1. The fraction of sp³-hybridized carbons (Fsp3) is 0.125. The van der Waals surface area contributed by atoms with E-state index in [1.165, 1.54) is 16.8 Å². The lowest BCUT2D eigenvalue weighted by Crippen LogP contribution is -2.14. The number of pyridine rings is 1. The topological polar surface area (TPSA) is 76.9 Å². The fourth-order valence-electron chi connectivity index (χ4n) is 2.29. The molecule has 3 aromatic rings. The summed E-state index contributed by atoms with van der Waals surface area (Å²) in [6.07, 6.45) is 3.18. The molecule has 0 atom stereocenters. The molecule has 0 spiro atoms. The molecule has 0 saturated heterocycles. The summed E-state index contributed by atoms with van der Waals surface area (Å²) in [6.45, 7) is 1.71. The number of rotatable bonds is 4. The van der Waals surface area contributed by atoms with Gasteiger partial charge in [-0.05, 0) is 36.8 Å². The van der Waals surface area contributed by atoms with Crippen LogP contribution in [-0.4, -0.2) is 23.2 Å². The van der Waals surface area contributed by atoms with Gasteiger partial charge in [0.25, 0.3) is 10.0 Å². The lowest BCUT2D eigenvalue weighted by atomic mass is 10.2. The normalized spacial score (nSPS) is 11.5. The van der Waals surface area contributed by atoms with E-state index in [-0.39, 0.29) is 9.92 Å². The van der Waals surface area contributed by atoms with E-state index in [1.807, 2.05) is 0 Å². The molecule has 0 bridgehead atoms. The largest absolute Gasteiger partial charge is 0.276 e. The van der Waals surface area contributed by atoms with E-state index < -0.39 is 10.0 Å². The monoisotopic (exact) mass is 396 g/mol. The third-order valence-electron chi connectivity index (χ3n) is 3.48. The summed E-state index contributed by atoms with van der Waals surface area (Å²) in [5.74, 6) is 0. The van der Waals surface area contributed by atoms with Gasteiger partial charge in [0.2, 0.25) is 0 Å². The molecule has 6 nitrogen and oxygen atoms in total. The highest BCUT2D eigenvalue weighted by atomic mass is 35.5. The Morgan fingerprint density at radius 3 is 2.60 bits per heavy atom. The smallest absolute Gasteiger partial charge is 0.263 e. The first kappa shape index (κ1) is 17.7. The maximum atomic E-state index is 12.8. The van der Waals surface area contributed by atoms with Crippen molar-refractivity contribution in [3.8, 4) is 11.4 Å². The van der Waals surface area contributed by atoms with Crippen LogP contribution in [0, 0.1) is 6.92 Å². The molecular weight excluding hydrogens is 383 g/mol. The van der Waals surface area contributed by atoms with Crippen molar-refractivity contribution in [3.63, 3.8) is 0 Å². The Labute approximate surface area is 155 Å². The Hall–Kier alpha value is -2.09. The van der Waals surface area contributed by atoms with Gasteiger partial charge in [-0.2, -0.15) is 5.10 Å². The average molecular weight is 397 g/mol. The Balaban J connectivity index is 2.05. The minimum absolute atomic E-state index is 0.0476. The quantitative estimate of drug-likeness (QED) is 0.725. The van der Waals surface area contributed by atoms with Crippen LogP contribution in [0.25, 0.3) is 11.4 Å². The van der Waals surface area contributed by atoms with E-state index in [4.69, 9.17) is 23.2 Å². The highest BCUT2D eigenvalue weighted by Crippen LogP contribution is 2.31.